The summed E-state index contributed by atoms with van der Waals surface area (Å²) in [6.45, 7) is 3.58. The Morgan fingerprint density at radius 2 is 1.87 bits per heavy atom. The number of amides is 2. The van der Waals surface area contributed by atoms with E-state index in [9.17, 15) is 9.59 Å². The van der Waals surface area contributed by atoms with E-state index >= 15 is 0 Å². The summed E-state index contributed by atoms with van der Waals surface area (Å²) in [5.41, 5.74) is 1.21. The number of nitrogens with one attached hydrogen (secondary N) is 1. The number of thioether (sulfide) groups is 1. The first kappa shape index (κ1) is 16.4. The van der Waals surface area contributed by atoms with Crippen molar-refractivity contribution in [1.82, 2.24) is 10.2 Å². The van der Waals surface area contributed by atoms with Crippen LogP contribution in [0.5, 0.6) is 0 Å². The molecule has 0 radical (unpaired) electrons. The van der Waals surface area contributed by atoms with Crippen LogP contribution in [0.15, 0.2) is 29.2 Å². The summed E-state index contributed by atoms with van der Waals surface area (Å²) in [5, 5.41) is 3.12. The molecule has 0 spiro atoms. The fraction of sp³-hybridized carbons (Fsp3) is 0.556. The Bertz CT molecular complexity index is 578. The smallest absolute Gasteiger partial charge is 0.232 e. The minimum atomic E-state index is 0.199. The monoisotopic (exact) mass is 332 g/mol. The van der Waals surface area contributed by atoms with Crippen LogP contribution in [0.1, 0.15) is 31.2 Å². The first-order valence-electron chi connectivity index (χ1n) is 8.40. The average molecular weight is 332 g/mol. The van der Waals surface area contributed by atoms with Gasteiger partial charge in [0.15, 0.2) is 0 Å². The van der Waals surface area contributed by atoms with Crippen molar-refractivity contribution < 1.29 is 9.59 Å². The Hall–Kier alpha value is -1.49. The van der Waals surface area contributed by atoms with E-state index in [1.165, 1.54) is 10.5 Å². The molecule has 1 aromatic rings. The van der Waals surface area contributed by atoms with Gasteiger partial charge in [0, 0.05) is 29.9 Å². The topological polar surface area (TPSA) is 49.4 Å². The van der Waals surface area contributed by atoms with Crippen molar-refractivity contribution in [2.75, 3.05) is 18.8 Å². The number of hydrogen-bond acceptors (Lipinski definition) is 3. The van der Waals surface area contributed by atoms with Gasteiger partial charge in [0.2, 0.25) is 11.8 Å². The van der Waals surface area contributed by atoms with Gasteiger partial charge in [0.1, 0.15) is 0 Å². The minimum absolute atomic E-state index is 0.199. The lowest BCUT2D eigenvalue weighted by Gasteiger charge is -2.32. The zero-order chi connectivity index (χ0) is 16.2. The zero-order valence-electron chi connectivity index (χ0n) is 13.6. The molecular formula is C18H24N2O2S. The van der Waals surface area contributed by atoms with Crippen LogP contribution in [0.4, 0.5) is 0 Å². The molecule has 1 N–H and O–H groups in total. The molecular weight excluding hydrogens is 308 g/mol. The van der Waals surface area contributed by atoms with Gasteiger partial charge in [-0.15, -0.1) is 11.8 Å². The first-order valence-corrected chi connectivity index (χ1v) is 9.38. The van der Waals surface area contributed by atoms with Crippen LogP contribution in [0.2, 0.25) is 0 Å². The third kappa shape index (κ3) is 4.50. The maximum Gasteiger partial charge on any atom is 0.232 e. The molecule has 2 aliphatic rings. The minimum Gasteiger partial charge on any atom is -0.353 e. The summed E-state index contributed by atoms with van der Waals surface area (Å²) in [6.07, 6.45) is 3.83. The molecule has 4 nitrogen and oxygen atoms in total. The zero-order valence-corrected chi connectivity index (χ0v) is 14.4. The SMILES string of the molecule is Cc1ccccc1SCC(=O)N1CCC(NC(=O)C2CC2)CC1. The van der Waals surface area contributed by atoms with E-state index in [1.807, 2.05) is 17.0 Å². The summed E-state index contributed by atoms with van der Waals surface area (Å²) in [4.78, 5) is 27.2. The van der Waals surface area contributed by atoms with Crippen LogP contribution < -0.4 is 5.32 Å². The molecule has 0 unspecified atom stereocenters. The highest BCUT2D eigenvalue weighted by atomic mass is 32.2. The largest absolute Gasteiger partial charge is 0.353 e. The Morgan fingerprint density at radius 3 is 2.52 bits per heavy atom. The quantitative estimate of drug-likeness (QED) is 0.843. The summed E-state index contributed by atoms with van der Waals surface area (Å²) in [7, 11) is 0. The Balaban J connectivity index is 1.41. The van der Waals surface area contributed by atoms with Crippen molar-refractivity contribution in [3.63, 3.8) is 0 Å². The maximum absolute atomic E-state index is 12.3. The molecule has 0 bridgehead atoms. The van der Waals surface area contributed by atoms with Crippen molar-refractivity contribution in [2.24, 2.45) is 5.92 Å². The fourth-order valence-corrected chi connectivity index (χ4v) is 3.82. The molecule has 5 heteroatoms. The standard InChI is InChI=1S/C18H24N2O2S/c1-13-4-2-3-5-16(13)23-12-17(21)20-10-8-15(9-11-20)19-18(22)14-6-7-14/h2-5,14-15H,6-12H2,1H3,(H,19,22). The molecule has 1 aliphatic carbocycles. The van der Waals surface area contributed by atoms with E-state index in [0.29, 0.717) is 5.75 Å². The molecule has 23 heavy (non-hydrogen) atoms. The van der Waals surface area contributed by atoms with Crippen LogP contribution in [0.3, 0.4) is 0 Å². The molecule has 1 aromatic carbocycles. The van der Waals surface area contributed by atoms with Crippen molar-refractivity contribution in [1.29, 1.82) is 0 Å². The van der Waals surface area contributed by atoms with Gasteiger partial charge < -0.3 is 10.2 Å². The predicted molar refractivity (Wildman–Crippen MR) is 92.4 cm³/mol. The number of benzene rings is 1. The van der Waals surface area contributed by atoms with Gasteiger partial charge in [-0.2, -0.15) is 0 Å². The van der Waals surface area contributed by atoms with E-state index in [-0.39, 0.29) is 23.8 Å². The average Bonchev–Trinajstić information content (AvgIpc) is 3.39. The molecule has 1 saturated carbocycles. The van der Waals surface area contributed by atoms with E-state index in [4.69, 9.17) is 0 Å². The highest BCUT2D eigenvalue weighted by Crippen LogP contribution is 2.29. The molecule has 2 fully saturated rings. The molecule has 1 aliphatic heterocycles. The van der Waals surface area contributed by atoms with Gasteiger partial charge >= 0.3 is 0 Å². The molecule has 0 atom stereocenters. The lowest BCUT2D eigenvalue weighted by Crippen LogP contribution is -2.47. The molecule has 1 saturated heterocycles. The summed E-state index contributed by atoms with van der Waals surface area (Å²) in [6, 6.07) is 8.40. The van der Waals surface area contributed by atoms with Crippen molar-refractivity contribution in [3.05, 3.63) is 29.8 Å². The maximum atomic E-state index is 12.3. The lowest BCUT2D eigenvalue weighted by atomic mass is 10.0. The number of nitrogens with zero attached hydrogens (tertiary/aromatic N) is 1. The number of carbonyl (C=O) groups is 2. The van der Waals surface area contributed by atoms with Gasteiger partial charge in [-0.25, -0.2) is 0 Å². The van der Waals surface area contributed by atoms with Crippen LogP contribution in [-0.4, -0.2) is 41.6 Å². The normalized spacial score (nSPS) is 18.7. The van der Waals surface area contributed by atoms with E-state index in [2.05, 4.69) is 24.4 Å². The Kier molecular flexibility index (Phi) is 5.26. The molecule has 3 rings (SSSR count). The van der Waals surface area contributed by atoms with E-state index < -0.39 is 0 Å². The second kappa shape index (κ2) is 7.39. The fourth-order valence-electron chi connectivity index (χ4n) is 2.89. The second-order valence-electron chi connectivity index (χ2n) is 6.49. The van der Waals surface area contributed by atoms with Gasteiger partial charge in [0.25, 0.3) is 0 Å². The number of aryl methyl sites for hydroxylation is 1. The van der Waals surface area contributed by atoms with Crippen molar-refractivity contribution in [2.45, 2.75) is 43.5 Å². The van der Waals surface area contributed by atoms with Gasteiger partial charge in [-0.1, -0.05) is 18.2 Å². The first-order chi connectivity index (χ1) is 11.1. The Labute approximate surface area is 142 Å². The lowest BCUT2D eigenvalue weighted by molar-refractivity contribution is -0.129. The third-order valence-corrected chi connectivity index (χ3v) is 5.75. The van der Waals surface area contributed by atoms with Crippen LogP contribution >= 0.6 is 11.8 Å². The summed E-state index contributed by atoms with van der Waals surface area (Å²) >= 11 is 1.61. The van der Waals surface area contributed by atoms with Crippen molar-refractivity contribution >= 4 is 23.6 Å². The highest BCUT2D eigenvalue weighted by Gasteiger charge is 2.32. The molecule has 1 heterocycles. The van der Waals surface area contributed by atoms with Crippen LogP contribution in [0, 0.1) is 12.8 Å². The highest BCUT2D eigenvalue weighted by molar-refractivity contribution is 8.00. The molecule has 124 valence electrons. The number of rotatable bonds is 5. The van der Waals surface area contributed by atoms with Crippen molar-refractivity contribution in [3.8, 4) is 0 Å². The molecule has 0 aromatic heterocycles. The van der Waals surface area contributed by atoms with E-state index in [1.54, 1.807) is 11.8 Å². The molecule has 2 amide bonds. The van der Waals surface area contributed by atoms with Gasteiger partial charge in [-0.05, 0) is 44.2 Å². The Morgan fingerprint density at radius 1 is 1.17 bits per heavy atom. The van der Waals surface area contributed by atoms with Gasteiger partial charge in [0.05, 0.1) is 5.75 Å². The van der Waals surface area contributed by atoms with Crippen LogP contribution in [0.25, 0.3) is 0 Å². The number of hydrogen-bond donors (Lipinski definition) is 1. The second-order valence-corrected chi connectivity index (χ2v) is 7.51. The van der Waals surface area contributed by atoms with E-state index in [0.717, 1.165) is 38.8 Å². The summed E-state index contributed by atoms with van der Waals surface area (Å²) in [5.74, 6) is 1.17. The number of piperidine rings is 1. The number of carbonyl (C=O) groups excluding carboxylic acids is 2. The van der Waals surface area contributed by atoms with Gasteiger partial charge in [-0.3, -0.25) is 9.59 Å². The predicted octanol–water partition coefficient (Wildman–Crippen LogP) is 2.60. The number of likely N-dealkylation sites (tertiary alicyclic amines) is 1. The third-order valence-electron chi connectivity index (χ3n) is 4.59. The summed E-state index contributed by atoms with van der Waals surface area (Å²) < 4.78 is 0. The van der Waals surface area contributed by atoms with Crippen LogP contribution in [-0.2, 0) is 9.59 Å².